The van der Waals surface area contributed by atoms with Crippen molar-refractivity contribution < 1.29 is 14.2 Å². The topological polar surface area (TPSA) is 27.7 Å². The first kappa shape index (κ1) is 13.2. The highest BCUT2D eigenvalue weighted by atomic mass is 16.7. The molecule has 0 radical (unpaired) electrons. The number of ether oxygens (including phenoxy) is 3. The van der Waals surface area contributed by atoms with Gasteiger partial charge in [0.05, 0.1) is 12.7 Å². The molecule has 3 heteroatoms. The standard InChI is InChI=1S/C18H22O3/c1-10-6-11(2)17-12(3)14(10)8-19-18(17)13-4-5-15-16(7-13)21-9-20-15/h4-7,10,12,14,17-18H,8-9H2,1-3H3/t10-,12+,14+,17-,18-/m0/s1. The van der Waals surface area contributed by atoms with Crippen LogP contribution in [0.3, 0.4) is 0 Å². The maximum atomic E-state index is 6.26. The first-order valence-corrected chi connectivity index (χ1v) is 7.84. The van der Waals surface area contributed by atoms with Gasteiger partial charge in [0.25, 0.3) is 0 Å². The van der Waals surface area contributed by atoms with Gasteiger partial charge in [-0.05, 0) is 42.4 Å². The van der Waals surface area contributed by atoms with Gasteiger partial charge >= 0.3 is 0 Å². The van der Waals surface area contributed by atoms with Crippen molar-refractivity contribution in [1.82, 2.24) is 0 Å². The molecule has 1 aromatic carbocycles. The van der Waals surface area contributed by atoms with Crippen molar-refractivity contribution >= 4 is 0 Å². The maximum absolute atomic E-state index is 6.26. The van der Waals surface area contributed by atoms with Crippen LogP contribution in [-0.2, 0) is 4.74 Å². The van der Waals surface area contributed by atoms with E-state index in [0.29, 0.717) is 30.5 Å². The second kappa shape index (κ2) is 4.77. The molecule has 1 aliphatic carbocycles. The Morgan fingerprint density at radius 2 is 1.90 bits per heavy atom. The van der Waals surface area contributed by atoms with Crippen molar-refractivity contribution in [3.63, 3.8) is 0 Å². The van der Waals surface area contributed by atoms with E-state index in [1.54, 1.807) is 0 Å². The molecule has 2 heterocycles. The van der Waals surface area contributed by atoms with Gasteiger partial charge in [-0.25, -0.2) is 0 Å². The molecule has 0 N–H and O–H groups in total. The van der Waals surface area contributed by atoms with Crippen molar-refractivity contribution in [3.8, 4) is 11.5 Å². The van der Waals surface area contributed by atoms with Gasteiger partial charge in [0.15, 0.2) is 11.5 Å². The lowest BCUT2D eigenvalue weighted by molar-refractivity contribution is -0.0934. The molecule has 0 aromatic heterocycles. The van der Waals surface area contributed by atoms with Gasteiger partial charge in [0, 0.05) is 5.92 Å². The van der Waals surface area contributed by atoms with Crippen LogP contribution in [0.2, 0.25) is 0 Å². The molecule has 1 saturated heterocycles. The minimum atomic E-state index is 0.134. The van der Waals surface area contributed by atoms with Gasteiger partial charge in [-0.3, -0.25) is 0 Å². The van der Waals surface area contributed by atoms with Gasteiger partial charge in [-0.2, -0.15) is 0 Å². The molecule has 3 nitrogen and oxygen atoms in total. The van der Waals surface area contributed by atoms with E-state index in [2.05, 4.69) is 39.0 Å². The number of rotatable bonds is 1. The molecule has 1 fully saturated rings. The van der Waals surface area contributed by atoms with E-state index in [1.807, 2.05) is 6.07 Å². The molecule has 3 aliphatic rings. The summed E-state index contributed by atoms with van der Waals surface area (Å²) >= 11 is 0. The van der Waals surface area contributed by atoms with Crippen molar-refractivity contribution in [3.05, 3.63) is 35.4 Å². The largest absolute Gasteiger partial charge is 0.454 e. The van der Waals surface area contributed by atoms with E-state index in [9.17, 15) is 0 Å². The number of allylic oxidation sites excluding steroid dienone is 1. The minimum Gasteiger partial charge on any atom is -0.454 e. The van der Waals surface area contributed by atoms with Gasteiger partial charge in [-0.1, -0.05) is 31.6 Å². The highest BCUT2D eigenvalue weighted by Gasteiger charge is 2.43. The Labute approximate surface area is 125 Å². The molecule has 21 heavy (non-hydrogen) atoms. The second-order valence-electron chi connectivity index (χ2n) is 6.69. The fourth-order valence-electron chi connectivity index (χ4n) is 4.34. The van der Waals surface area contributed by atoms with Crippen LogP contribution in [0.4, 0.5) is 0 Å². The Balaban J connectivity index is 1.71. The lowest BCUT2D eigenvalue weighted by Gasteiger charge is -2.47. The summed E-state index contributed by atoms with van der Waals surface area (Å²) in [5.74, 6) is 4.08. The first-order chi connectivity index (χ1) is 10.1. The number of hydrogen-bond acceptors (Lipinski definition) is 3. The van der Waals surface area contributed by atoms with E-state index in [4.69, 9.17) is 14.2 Å². The monoisotopic (exact) mass is 286 g/mol. The lowest BCUT2D eigenvalue weighted by Crippen LogP contribution is -2.42. The third-order valence-electron chi connectivity index (χ3n) is 5.49. The zero-order valence-corrected chi connectivity index (χ0v) is 12.8. The second-order valence-corrected chi connectivity index (χ2v) is 6.69. The Bertz CT molecular complexity index is 592. The number of benzene rings is 1. The van der Waals surface area contributed by atoms with E-state index in [1.165, 1.54) is 11.1 Å². The Kier molecular flexibility index (Phi) is 3.00. The lowest BCUT2D eigenvalue weighted by atomic mass is 9.64. The van der Waals surface area contributed by atoms with Gasteiger partial charge < -0.3 is 14.2 Å². The summed E-state index contributed by atoms with van der Waals surface area (Å²) in [6, 6.07) is 6.21. The average Bonchev–Trinajstić information content (AvgIpc) is 2.91. The predicted octanol–water partition coefficient (Wildman–Crippen LogP) is 3.95. The van der Waals surface area contributed by atoms with Crippen LogP contribution < -0.4 is 9.47 Å². The number of fused-ring (bicyclic) bond motifs is 3. The van der Waals surface area contributed by atoms with E-state index < -0.39 is 0 Å². The molecule has 0 unspecified atom stereocenters. The summed E-state index contributed by atoms with van der Waals surface area (Å²) in [6.45, 7) is 8.11. The minimum absolute atomic E-state index is 0.134. The summed E-state index contributed by atoms with van der Waals surface area (Å²) in [6.07, 6.45) is 2.58. The molecular weight excluding hydrogens is 264 g/mol. The first-order valence-electron chi connectivity index (χ1n) is 7.84. The molecule has 112 valence electrons. The van der Waals surface area contributed by atoms with Gasteiger partial charge in [0.2, 0.25) is 6.79 Å². The van der Waals surface area contributed by atoms with Crippen LogP contribution in [0.25, 0.3) is 0 Å². The van der Waals surface area contributed by atoms with Crippen molar-refractivity contribution in [2.45, 2.75) is 26.9 Å². The SMILES string of the molecule is CC1=C[C@H](C)[C@H]2CO[C@@H](c3ccc4c(c3)OCO4)[C@@H]1[C@@H]2C. The van der Waals surface area contributed by atoms with E-state index in [-0.39, 0.29) is 6.10 Å². The molecule has 0 amide bonds. The predicted molar refractivity (Wildman–Crippen MR) is 80.3 cm³/mol. The van der Waals surface area contributed by atoms with Crippen LogP contribution in [0, 0.1) is 23.7 Å². The third kappa shape index (κ3) is 1.98. The maximum Gasteiger partial charge on any atom is 0.231 e. The number of hydrogen-bond donors (Lipinski definition) is 0. The Morgan fingerprint density at radius 3 is 2.76 bits per heavy atom. The molecule has 1 aromatic rings. The summed E-state index contributed by atoms with van der Waals surface area (Å²) in [5, 5.41) is 0. The molecule has 5 atom stereocenters. The summed E-state index contributed by atoms with van der Waals surface area (Å²) < 4.78 is 17.2. The highest BCUT2D eigenvalue weighted by Crippen LogP contribution is 2.50. The van der Waals surface area contributed by atoms with Crippen LogP contribution >= 0.6 is 0 Å². The fourth-order valence-corrected chi connectivity index (χ4v) is 4.34. The Morgan fingerprint density at radius 1 is 1.10 bits per heavy atom. The third-order valence-corrected chi connectivity index (χ3v) is 5.49. The van der Waals surface area contributed by atoms with Crippen molar-refractivity contribution in [1.29, 1.82) is 0 Å². The van der Waals surface area contributed by atoms with Crippen LogP contribution in [0.1, 0.15) is 32.4 Å². The van der Waals surface area contributed by atoms with Crippen molar-refractivity contribution in [2.75, 3.05) is 13.4 Å². The molecule has 0 saturated carbocycles. The average molecular weight is 286 g/mol. The van der Waals surface area contributed by atoms with E-state index in [0.717, 1.165) is 18.1 Å². The fraction of sp³-hybridized carbons (Fsp3) is 0.556. The highest BCUT2D eigenvalue weighted by molar-refractivity contribution is 5.45. The normalized spacial score (nSPS) is 37.3. The van der Waals surface area contributed by atoms with E-state index >= 15 is 0 Å². The Hall–Kier alpha value is -1.48. The molecule has 0 spiro atoms. The van der Waals surface area contributed by atoms with Crippen LogP contribution in [-0.4, -0.2) is 13.4 Å². The molecule has 4 rings (SSSR count). The zero-order valence-electron chi connectivity index (χ0n) is 12.8. The quantitative estimate of drug-likeness (QED) is 0.732. The van der Waals surface area contributed by atoms with Gasteiger partial charge in [-0.15, -0.1) is 0 Å². The summed E-state index contributed by atoms with van der Waals surface area (Å²) in [5.41, 5.74) is 2.67. The van der Waals surface area contributed by atoms with Gasteiger partial charge in [0.1, 0.15) is 0 Å². The van der Waals surface area contributed by atoms with Crippen LogP contribution in [0.15, 0.2) is 29.8 Å². The zero-order chi connectivity index (χ0) is 14.6. The molecule has 2 aliphatic heterocycles. The van der Waals surface area contributed by atoms with Crippen LogP contribution in [0.5, 0.6) is 11.5 Å². The molecule has 2 bridgehead atoms. The summed E-state index contributed by atoms with van der Waals surface area (Å²) in [4.78, 5) is 0. The van der Waals surface area contributed by atoms with Crippen molar-refractivity contribution in [2.24, 2.45) is 23.7 Å². The molecular formula is C18H22O3. The smallest absolute Gasteiger partial charge is 0.231 e. The summed E-state index contributed by atoms with van der Waals surface area (Å²) in [7, 11) is 0.